The van der Waals surface area contributed by atoms with Gasteiger partial charge >= 0.3 is 0 Å². The molecule has 0 atom stereocenters. The zero-order valence-corrected chi connectivity index (χ0v) is 13.6. The van der Waals surface area contributed by atoms with Crippen molar-refractivity contribution in [2.24, 2.45) is 0 Å². The Morgan fingerprint density at radius 1 is 1.27 bits per heavy atom. The molecule has 22 heavy (non-hydrogen) atoms. The minimum absolute atomic E-state index is 0.190. The van der Waals surface area contributed by atoms with Crippen LogP contribution in [-0.2, 0) is 14.8 Å². The number of nitrogens with one attached hydrogen (secondary N) is 2. The van der Waals surface area contributed by atoms with E-state index in [1.165, 1.54) is 19.1 Å². The average Bonchev–Trinajstić information content (AvgIpc) is 2.47. The zero-order chi connectivity index (χ0) is 16.2. The van der Waals surface area contributed by atoms with Gasteiger partial charge in [0, 0.05) is 32.2 Å². The Bertz CT molecular complexity index is 666. The van der Waals surface area contributed by atoms with E-state index >= 15 is 0 Å². The van der Waals surface area contributed by atoms with Crippen LogP contribution in [0.25, 0.3) is 0 Å². The lowest BCUT2D eigenvalue weighted by atomic mass is 10.1. The molecule has 6 nitrogen and oxygen atoms in total. The third-order valence-electron chi connectivity index (χ3n) is 3.48. The smallest absolute Gasteiger partial charge is 0.240 e. The largest absolute Gasteiger partial charge is 0.326 e. The van der Waals surface area contributed by atoms with Crippen molar-refractivity contribution in [3.63, 3.8) is 0 Å². The van der Waals surface area contributed by atoms with Crippen LogP contribution >= 0.6 is 0 Å². The van der Waals surface area contributed by atoms with E-state index < -0.39 is 10.0 Å². The van der Waals surface area contributed by atoms with Crippen molar-refractivity contribution < 1.29 is 13.2 Å². The number of hydrogen-bond donors (Lipinski definition) is 2. The molecule has 120 valence electrons. The van der Waals surface area contributed by atoms with Crippen LogP contribution in [0.15, 0.2) is 40.8 Å². The second-order valence-corrected chi connectivity index (χ2v) is 7.17. The highest BCUT2D eigenvalue weighted by Crippen LogP contribution is 2.15. The van der Waals surface area contributed by atoms with Crippen LogP contribution in [0, 0.1) is 0 Å². The summed E-state index contributed by atoms with van der Waals surface area (Å²) in [6.07, 6.45) is 2.94. The highest BCUT2D eigenvalue weighted by atomic mass is 32.2. The summed E-state index contributed by atoms with van der Waals surface area (Å²) < 4.78 is 27.1. The number of carbonyl (C=O) groups is 1. The maximum atomic E-state index is 12.2. The SMILES string of the molecule is CC(=O)Nc1ccc(S(=O)(=O)NCC2=CCN(C)CC2)cc1. The molecule has 1 aliphatic rings. The van der Waals surface area contributed by atoms with Crippen LogP contribution in [0.1, 0.15) is 13.3 Å². The quantitative estimate of drug-likeness (QED) is 0.798. The molecule has 0 saturated carbocycles. The van der Waals surface area contributed by atoms with Crippen molar-refractivity contribution in [1.29, 1.82) is 0 Å². The van der Waals surface area contributed by atoms with Crippen LogP contribution in [0.2, 0.25) is 0 Å². The van der Waals surface area contributed by atoms with Crippen molar-refractivity contribution in [2.45, 2.75) is 18.2 Å². The van der Waals surface area contributed by atoms with Gasteiger partial charge in [-0.1, -0.05) is 11.6 Å². The van der Waals surface area contributed by atoms with Crippen molar-refractivity contribution in [1.82, 2.24) is 9.62 Å². The van der Waals surface area contributed by atoms with Crippen LogP contribution in [-0.4, -0.2) is 45.9 Å². The lowest BCUT2D eigenvalue weighted by Crippen LogP contribution is -2.30. The Morgan fingerprint density at radius 3 is 2.50 bits per heavy atom. The minimum Gasteiger partial charge on any atom is -0.326 e. The fourth-order valence-corrected chi connectivity index (χ4v) is 3.20. The van der Waals surface area contributed by atoms with Crippen molar-refractivity contribution in [3.05, 3.63) is 35.9 Å². The number of amides is 1. The molecule has 7 heteroatoms. The summed E-state index contributed by atoms with van der Waals surface area (Å²) in [7, 11) is -1.50. The molecule has 1 amide bonds. The van der Waals surface area contributed by atoms with E-state index in [2.05, 4.69) is 21.0 Å². The molecule has 0 aliphatic carbocycles. The number of likely N-dealkylation sites (N-methyl/N-ethyl adjacent to an activating group) is 1. The Morgan fingerprint density at radius 2 is 1.95 bits per heavy atom. The molecule has 1 aromatic rings. The predicted octanol–water partition coefficient (Wildman–Crippen LogP) is 1.19. The van der Waals surface area contributed by atoms with Gasteiger partial charge in [0.15, 0.2) is 0 Å². The van der Waals surface area contributed by atoms with E-state index in [4.69, 9.17) is 0 Å². The maximum Gasteiger partial charge on any atom is 0.240 e. The first-order valence-corrected chi connectivity index (χ1v) is 8.59. The number of sulfonamides is 1. The number of anilines is 1. The molecule has 0 fully saturated rings. The van der Waals surface area contributed by atoms with Crippen molar-refractivity contribution >= 4 is 21.6 Å². The summed E-state index contributed by atoms with van der Waals surface area (Å²) >= 11 is 0. The molecule has 0 radical (unpaired) electrons. The van der Waals surface area contributed by atoms with Gasteiger partial charge in [0.05, 0.1) is 4.90 Å². The van der Waals surface area contributed by atoms with E-state index in [-0.39, 0.29) is 10.8 Å². The maximum absolute atomic E-state index is 12.2. The molecule has 0 aromatic heterocycles. The second kappa shape index (κ2) is 7.04. The normalized spacial score (nSPS) is 16.2. The number of rotatable bonds is 5. The highest BCUT2D eigenvalue weighted by molar-refractivity contribution is 7.89. The molecule has 0 spiro atoms. The molecule has 0 unspecified atom stereocenters. The highest BCUT2D eigenvalue weighted by Gasteiger charge is 2.15. The van der Waals surface area contributed by atoms with E-state index in [0.29, 0.717) is 12.2 Å². The first kappa shape index (κ1) is 16.7. The zero-order valence-electron chi connectivity index (χ0n) is 12.8. The summed E-state index contributed by atoms with van der Waals surface area (Å²) in [5.74, 6) is -0.192. The number of carbonyl (C=O) groups excluding carboxylic acids is 1. The molecule has 2 rings (SSSR count). The first-order chi connectivity index (χ1) is 10.4. The van der Waals surface area contributed by atoms with Crippen LogP contribution < -0.4 is 10.0 Å². The van der Waals surface area contributed by atoms with E-state index in [1.807, 2.05) is 7.05 Å². The van der Waals surface area contributed by atoms with Gasteiger partial charge in [0.1, 0.15) is 0 Å². The van der Waals surface area contributed by atoms with Gasteiger partial charge < -0.3 is 10.2 Å². The van der Waals surface area contributed by atoms with Gasteiger partial charge in [-0.15, -0.1) is 0 Å². The average molecular weight is 323 g/mol. The van der Waals surface area contributed by atoms with Gasteiger partial charge in [-0.25, -0.2) is 13.1 Å². The fourth-order valence-electron chi connectivity index (χ4n) is 2.17. The Kier molecular flexibility index (Phi) is 5.33. The van der Waals surface area contributed by atoms with Gasteiger partial charge in [-0.2, -0.15) is 0 Å². The monoisotopic (exact) mass is 323 g/mol. The summed E-state index contributed by atoms with van der Waals surface area (Å²) in [5, 5.41) is 2.60. The molecule has 0 bridgehead atoms. The van der Waals surface area contributed by atoms with E-state index in [1.54, 1.807) is 12.1 Å². The molecule has 1 aliphatic heterocycles. The topological polar surface area (TPSA) is 78.5 Å². The lowest BCUT2D eigenvalue weighted by molar-refractivity contribution is -0.114. The summed E-state index contributed by atoms with van der Waals surface area (Å²) in [6, 6.07) is 6.11. The lowest BCUT2D eigenvalue weighted by Gasteiger charge is -2.22. The Balaban J connectivity index is 1.99. The summed E-state index contributed by atoms with van der Waals surface area (Å²) in [4.78, 5) is 13.3. The molecule has 2 N–H and O–H groups in total. The number of benzene rings is 1. The fraction of sp³-hybridized carbons (Fsp3) is 0.400. The van der Waals surface area contributed by atoms with E-state index in [0.717, 1.165) is 25.1 Å². The standard InChI is InChI=1S/C15H21N3O3S/c1-12(19)17-14-3-5-15(6-4-14)22(20,21)16-11-13-7-9-18(2)10-8-13/h3-7,16H,8-11H2,1-2H3,(H,17,19). The van der Waals surface area contributed by atoms with Gasteiger partial charge in [-0.3, -0.25) is 4.79 Å². The molecule has 1 aromatic carbocycles. The van der Waals surface area contributed by atoms with Crippen molar-refractivity contribution in [3.8, 4) is 0 Å². The molecule has 0 saturated heterocycles. The molecule has 1 heterocycles. The van der Waals surface area contributed by atoms with Gasteiger partial charge in [-0.05, 0) is 37.7 Å². The third-order valence-corrected chi connectivity index (χ3v) is 4.90. The summed E-state index contributed by atoms with van der Waals surface area (Å²) in [6.45, 7) is 3.53. The molecular weight excluding hydrogens is 302 g/mol. The van der Waals surface area contributed by atoms with Crippen LogP contribution in [0.4, 0.5) is 5.69 Å². The predicted molar refractivity (Wildman–Crippen MR) is 86.1 cm³/mol. The van der Waals surface area contributed by atoms with Crippen molar-refractivity contribution in [2.75, 3.05) is 32.0 Å². The van der Waals surface area contributed by atoms with Crippen LogP contribution in [0.3, 0.4) is 0 Å². The van der Waals surface area contributed by atoms with Crippen LogP contribution in [0.5, 0.6) is 0 Å². The third kappa shape index (κ3) is 4.66. The Hall–Kier alpha value is -1.70. The number of hydrogen-bond acceptors (Lipinski definition) is 4. The molecular formula is C15H21N3O3S. The van der Waals surface area contributed by atoms with E-state index in [9.17, 15) is 13.2 Å². The second-order valence-electron chi connectivity index (χ2n) is 5.40. The van der Waals surface area contributed by atoms with Gasteiger partial charge in [0.2, 0.25) is 15.9 Å². The summed E-state index contributed by atoms with van der Waals surface area (Å²) in [5.41, 5.74) is 1.68. The van der Waals surface area contributed by atoms with Gasteiger partial charge in [0.25, 0.3) is 0 Å². The number of nitrogens with zero attached hydrogens (tertiary/aromatic N) is 1. The minimum atomic E-state index is -3.54. The first-order valence-electron chi connectivity index (χ1n) is 7.10. The Labute approximate surface area is 131 Å².